The van der Waals surface area contributed by atoms with E-state index in [0.717, 1.165) is 50.5 Å². The molecule has 1 aliphatic heterocycles. The van der Waals surface area contributed by atoms with Crippen molar-refractivity contribution in [2.24, 2.45) is 0 Å². The summed E-state index contributed by atoms with van der Waals surface area (Å²) in [5, 5.41) is 1.64. The Labute approximate surface area is 161 Å². The van der Waals surface area contributed by atoms with Crippen LogP contribution in [0.4, 0.5) is 5.69 Å². The number of anilines is 1. The lowest BCUT2D eigenvalue weighted by Gasteiger charge is -2.24. The highest BCUT2D eigenvalue weighted by Gasteiger charge is 2.14. The maximum absolute atomic E-state index is 6.50. The lowest BCUT2D eigenvalue weighted by Crippen LogP contribution is -2.18. The van der Waals surface area contributed by atoms with Crippen LogP contribution in [0.3, 0.4) is 0 Å². The third-order valence-electron chi connectivity index (χ3n) is 4.24. The molecule has 0 amide bonds. The summed E-state index contributed by atoms with van der Waals surface area (Å²) in [4.78, 5) is 10.2. The van der Waals surface area contributed by atoms with Crippen molar-refractivity contribution in [3.8, 4) is 5.75 Å². The summed E-state index contributed by atoms with van der Waals surface area (Å²) in [5.74, 6) is 1.55. The molecule has 0 atom stereocenters. The van der Waals surface area contributed by atoms with Gasteiger partial charge in [0.15, 0.2) is 5.16 Å². The lowest BCUT2D eigenvalue weighted by atomic mass is 10.1. The predicted octanol–water partition coefficient (Wildman–Crippen LogP) is 5.41. The number of ether oxygens (including phenoxy) is 1. The molecule has 2 aromatic carbocycles. The van der Waals surface area contributed by atoms with Crippen molar-refractivity contribution in [1.29, 1.82) is 0 Å². The van der Waals surface area contributed by atoms with Crippen LogP contribution in [-0.4, -0.2) is 23.6 Å². The number of fused-ring (bicyclic) bond motifs is 1. The Morgan fingerprint density at radius 3 is 3.00 bits per heavy atom. The largest absolute Gasteiger partial charge is 0.497 e. The zero-order chi connectivity index (χ0) is 17.9. The van der Waals surface area contributed by atoms with Crippen LogP contribution in [0.2, 0.25) is 5.02 Å². The molecule has 0 bridgehead atoms. The quantitative estimate of drug-likeness (QED) is 0.598. The van der Waals surface area contributed by atoms with E-state index < -0.39 is 0 Å². The standard InChI is InChI=1S/C20H18ClN3OS/c1-25-14-8-9-17-18(12-14)23-20(22-17)26-13-15-16(21)6-5-7-19(15)24-10-3-2-4-11-24/h2-10,12H,11,13H2,1H3,(H,22,23). The maximum Gasteiger partial charge on any atom is 0.166 e. The van der Waals surface area contributed by atoms with Crippen LogP contribution in [0.15, 0.2) is 66.0 Å². The van der Waals surface area contributed by atoms with E-state index in [4.69, 9.17) is 16.3 Å². The second kappa shape index (κ2) is 7.48. The van der Waals surface area contributed by atoms with E-state index in [9.17, 15) is 0 Å². The number of thioether (sulfide) groups is 1. The van der Waals surface area contributed by atoms with Crippen molar-refractivity contribution < 1.29 is 4.74 Å². The predicted molar refractivity (Wildman–Crippen MR) is 109 cm³/mol. The summed E-state index contributed by atoms with van der Waals surface area (Å²) in [5.41, 5.74) is 4.13. The number of allylic oxidation sites excluding steroid dienone is 2. The first-order valence-corrected chi connectivity index (χ1v) is 9.65. The fraction of sp³-hybridized carbons (Fsp3) is 0.150. The summed E-state index contributed by atoms with van der Waals surface area (Å²) < 4.78 is 5.27. The van der Waals surface area contributed by atoms with Crippen LogP contribution in [0.25, 0.3) is 11.0 Å². The van der Waals surface area contributed by atoms with Crippen molar-refractivity contribution in [3.05, 3.63) is 71.4 Å². The minimum atomic E-state index is 0.736. The van der Waals surface area contributed by atoms with E-state index in [1.54, 1.807) is 18.9 Å². The van der Waals surface area contributed by atoms with Gasteiger partial charge in [0, 0.05) is 40.8 Å². The van der Waals surface area contributed by atoms with Crippen molar-refractivity contribution in [2.75, 3.05) is 18.6 Å². The average Bonchev–Trinajstić information content (AvgIpc) is 3.09. The van der Waals surface area contributed by atoms with Crippen molar-refractivity contribution in [2.45, 2.75) is 10.9 Å². The smallest absolute Gasteiger partial charge is 0.166 e. The lowest BCUT2D eigenvalue weighted by molar-refractivity contribution is 0.415. The monoisotopic (exact) mass is 383 g/mol. The number of benzene rings is 2. The van der Waals surface area contributed by atoms with Crippen LogP contribution >= 0.6 is 23.4 Å². The number of hydrogen-bond donors (Lipinski definition) is 1. The van der Waals surface area contributed by atoms with Gasteiger partial charge in [0.25, 0.3) is 0 Å². The number of aromatic nitrogens is 2. The highest BCUT2D eigenvalue weighted by molar-refractivity contribution is 7.98. The zero-order valence-electron chi connectivity index (χ0n) is 14.3. The molecule has 132 valence electrons. The second-order valence-corrected chi connectivity index (χ2v) is 7.24. The number of hydrogen-bond acceptors (Lipinski definition) is 4. The second-order valence-electron chi connectivity index (χ2n) is 5.87. The Morgan fingerprint density at radius 1 is 1.27 bits per heavy atom. The first kappa shape index (κ1) is 17.1. The van der Waals surface area contributed by atoms with Gasteiger partial charge in [-0.3, -0.25) is 0 Å². The highest BCUT2D eigenvalue weighted by atomic mass is 35.5. The van der Waals surface area contributed by atoms with Gasteiger partial charge in [0.2, 0.25) is 0 Å². The Morgan fingerprint density at radius 2 is 2.19 bits per heavy atom. The molecule has 2 heterocycles. The Kier molecular flexibility index (Phi) is 4.91. The molecule has 26 heavy (non-hydrogen) atoms. The van der Waals surface area contributed by atoms with Gasteiger partial charge in [0.1, 0.15) is 5.75 Å². The molecule has 3 aromatic rings. The van der Waals surface area contributed by atoms with Crippen LogP contribution in [0.5, 0.6) is 5.75 Å². The van der Waals surface area contributed by atoms with Gasteiger partial charge >= 0.3 is 0 Å². The van der Waals surface area contributed by atoms with E-state index >= 15 is 0 Å². The molecule has 0 unspecified atom stereocenters. The van der Waals surface area contributed by atoms with Gasteiger partial charge in [-0.15, -0.1) is 0 Å². The summed E-state index contributed by atoms with van der Waals surface area (Å²) >= 11 is 8.15. The van der Waals surface area contributed by atoms with Crippen LogP contribution in [0.1, 0.15) is 5.56 Å². The number of rotatable bonds is 5. The molecule has 0 aliphatic carbocycles. The van der Waals surface area contributed by atoms with Crippen molar-refractivity contribution in [3.63, 3.8) is 0 Å². The van der Waals surface area contributed by atoms with E-state index in [0.29, 0.717) is 0 Å². The zero-order valence-corrected chi connectivity index (χ0v) is 15.8. The molecule has 4 nitrogen and oxygen atoms in total. The summed E-state index contributed by atoms with van der Waals surface area (Å²) in [7, 11) is 1.66. The summed E-state index contributed by atoms with van der Waals surface area (Å²) in [6.45, 7) is 0.846. The first-order valence-electron chi connectivity index (χ1n) is 8.28. The van der Waals surface area contributed by atoms with Crippen LogP contribution < -0.4 is 9.64 Å². The molecule has 6 heteroatoms. The van der Waals surface area contributed by atoms with E-state index in [1.165, 1.54) is 0 Å². The van der Waals surface area contributed by atoms with Gasteiger partial charge < -0.3 is 14.6 Å². The molecule has 4 rings (SSSR count). The third kappa shape index (κ3) is 3.45. The summed E-state index contributed by atoms with van der Waals surface area (Å²) in [6.07, 6.45) is 8.30. The molecular formula is C20H18ClN3OS. The number of nitrogens with zero attached hydrogens (tertiary/aromatic N) is 2. The van der Waals surface area contributed by atoms with Gasteiger partial charge in [-0.25, -0.2) is 4.98 Å². The SMILES string of the molecule is COc1ccc2nc(SCc3c(Cl)cccc3N3C=CC=CC3)[nH]c2c1. The fourth-order valence-corrected chi connectivity index (χ4v) is 4.15. The maximum atomic E-state index is 6.50. The Hall–Kier alpha value is -2.37. The molecule has 1 aliphatic rings. The first-order chi connectivity index (χ1) is 12.7. The molecule has 0 saturated heterocycles. The highest BCUT2D eigenvalue weighted by Crippen LogP contribution is 2.34. The molecule has 0 radical (unpaired) electrons. The van der Waals surface area contributed by atoms with Gasteiger partial charge in [-0.05, 0) is 30.3 Å². The fourth-order valence-electron chi connectivity index (χ4n) is 2.91. The minimum absolute atomic E-state index is 0.736. The van der Waals surface area contributed by atoms with Crippen LogP contribution in [-0.2, 0) is 5.75 Å². The minimum Gasteiger partial charge on any atom is -0.497 e. The van der Waals surface area contributed by atoms with Gasteiger partial charge in [-0.1, -0.05) is 41.6 Å². The number of aromatic amines is 1. The number of H-pyrrole nitrogens is 1. The topological polar surface area (TPSA) is 41.1 Å². The Balaban J connectivity index is 1.58. The summed E-state index contributed by atoms with van der Waals surface area (Å²) in [6, 6.07) is 11.9. The molecular weight excluding hydrogens is 366 g/mol. The van der Waals surface area contributed by atoms with E-state index in [1.807, 2.05) is 36.4 Å². The van der Waals surface area contributed by atoms with Gasteiger partial charge in [-0.2, -0.15) is 0 Å². The number of methoxy groups -OCH3 is 1. The average molecular weight is 384 g/mol. The van der Waals surface area contributed by atoms with E-state index in [2.05, 4.69) is 39.3 Å². The van der Waals surface area contributed by atoms with Crippen molar-refractivity contribution >= 4 is 40.1 Å². The third-order valence-corrected chi connectivity index (χ3v) is 5.49. The normalized spacial score (nSPS) is 13.5. The number of halogens is 1. The number of imidazole rings is 1. The molecule has 0 spiro atoms. The van der Waals surface area contributed by atoms with Crippen LogP contribution in [0, 0.1) is 0 Å². The number of nitrogens with one attached hydrogen (secondary N) is 1. The van der Waals surface area contributed by atoms with E-state index in [-0.39, 0.29) is 0 Å². The Bertz CT molecular complexity index is 996. The molecule has 1 aromatic heterocycles. The molecule has 0 saturated carbocycles. The molecule has 0 fully saturated rings. The van der Waals surface area contributed by atoms with Crippen molar-refractivity contribution in [1.82, 2.24) is 9.97 Å². The molecule has 1 N–H and O–H groups in total. The van der Waals surface area contributed by atoms with Gasteiger partial charge in [0.05, 0.1) is 18.1 Å².